The van der Waals surface area contributed by atoms with Crippen molar-refractivity contribution in [1.82, 2.24) is 9.97 Å². The molecule has 0 saturated heterocycles. The van der Waals surface area contributed by atoms with Gasteiger partial charge in [0.2, 0.25) is 0 Å². The summed E-state index contributed by atoms with van der Waals surface area (Å²) < 4.78 is 10.1. The predicted octanol–water partition coefficient (Wildman–Crippen LogP) is 3.40. The first-order chi connectivity index (χ1) is 16.1. The number of rotatable bonds is 7. The number of amides is 1. The zero-order chi connectivity index (χ0) is 24.9. The Morgan fingerprint density at radius 3 is 2.59 bits per heavy atom. The molecule has 0 aliphatic heterocycles. The van der Waals surface area contributed by atoms with Gasteiger partial charge in [-0.2, -0.15) is 0 Å². The number of nitrogens with one attached hydrogen (secondary N) is 2. The van der Waals surface area contributed by atoms with Gasteiger partial charge < -0.3 is 25.0 Å². The summed E-state index contributed by atoms with van der Waals surface area (Å²) >= 11 is 0. The van der Waals surface area contributed by atoms with Crippen LogP contribution >= 0.6 is 0 Å². The number of ether oxygens (including phenoxy) is 2. The number of aromatic nitrogens is 2. The van der Waals surface area contributed by atoms with Crippen LogP contribution in [0.1, 0.15) is 48.4 Å². The first-order valence-electron chi connectivity index (χ1n) is 10.6. The number of methoxy groups -OCH3 is 1. The fourth-order valence-corrected chi connectivity index (χ4v) is 3.26. The van der Waals surface area contributed by atoms with Crippen LogP contribution in [0.25, 0.3) is 10.9 Å². The van der Waals surface area contributed by atoms with Gasteiger partial charge in [0.25, 0.3) is 0 Å². The molecule has 3 rings (SSSR count). The van der Waals surface area contributed by atoms with E-state index in [4.69, 9.17) is 9.47 Å². The quantitative estimate of drug-likeness (QED) is 0.384. The van der Waals surface area contributed by atoms with E-state index in [-0.39, 0.29) is 5.56 Å². The maximum atomic E-state index is 12.3. The van der Waals surface area contributed by atoms with Gasteiger partial charge in [-0.3, -0.25) is 5.32 Å². The van der Waals surface area contributed by atoms with E-state index in [1.807, 2.05) is 6.07 Å². The molecule has 180 valence electrons. The minimum Gasteiger partial charge on any atom is -0.465 e. The maximum Gasteiger partial charge on any atom is 0.412 e. The average molecular weight is 469 g/mol. The largest absolute Gasteiger partial charge is 0.465 e. The van der Waals surface area contributed by atoms with Gasteiger partial charge in [0.1, 0.15) is 23.9 Å². The second-order valence-electron chi connectivity index (χ2n) is 8.56. The number of aliphatic hydroxyl groups is 2. The Balaban J connectivity index is 1.87. The van der Waals surface area contributed by atoms with E-state index in [2.05, 4.69) is 20.6 Å². The Hall–Kier alpha value is -3.76. The van der Waals surface area contributed by atoms with Crippen LogP contribution in [0.5, 0.6) is 0 Å². The van der Waals surface area contributed by atoms with Crippen molar-refractivity contribution in [3.05, 3.63) is 59.4 Å². The van der Waals surface area contributed by atoms with Crippen LogP contribution in [0.15, 0.2) is 42.7 Å². The van der Waals surface area contributed by atoms with Crippen LogP contribution in [0.3, 0.4) is 0 Å². The van der Waals surface area contributed by atoms with Crippen molar-refractivity contribution >= 4 is 34.5 Å². The molecule has 34 heavy (non-hydrogen) atoms. The van der Waals surface area contributed by atoms with Crippen molar-refractivity contribution in [2.75, 3.05) is 24.4 Å². The lowest BCUT2D eigenvalue weighted by molar-refractivity contribution is 0.0598. The zero-order valence-electron chi connectivity index (χ0n) is 19.5. The molecule has 0 spiro atoms. The molecule has 1 heterocycles. The van der Waals surface area contributed by atoms with Crippen LogP contribution < -0.4 is 10.6 Å². The van der Waals surface area contributed by atoms with Gasteiger partial charge in [-0.05, 0) is 56.2 Å². The highest BCUT2D eigenvalue weighted by Gasteiger charge is 2.19. The Bertz CT molecular complexity index is 1190. The molecule has 0 saturated carbocycles. The second kappa shape index (κ2) is 10.4. The summed E-state index contributed by atoms with van der Waals surface area (Å²) in [5, 5.41) is 25.9. The zero-order valence-corrected chi connectivity index (χ0v) is 19.5. The van der Waals surface area contributed by atoms with Crippen LogP contribution in [0, 0.1) is 0 Å². The molecule has 0 radical (unpaired) electrons. The van der Waals surface area contributed by atoms with Gasteiger partial charge in [0.15, 0.2) is 0 Å². The van der Waals surface area contributed by atoms with Crippen molar-refractivity contribution in [2.24, 2.45) is 0 Å². The van der Waals surface area contributed by atoms with E-state index in [0.717, 1.165) is 5.56 Å². The number of fused-ring (bicyclic) bond motifs is 1. The number of esters is 1. The molecule has 0 fully saturated rings. The third-order valence-corrected chi connectivity index (χ3v) is 4.76. The number of hydrogen-bond donors (Lipinski definition) is 4. The number of aliphatic hydroxyl groups excluding tert-OH is 2. The highest BCUT2D eigenvalue weighted by molar-refractivity contribution is 6.05. The normalized spacial score (nSPS) is 12.2. The summed E-state index contributed by atoms with van der Waals surface area (Å²) in [7, 11) is 1.25. The van der Waals surface area contributed by atoms with Crippen molar-refractivity contribution in [3.8, 4) is 0 Å². The fourth-order valence-electron chi connectivity index (χ4n) is 3.26. The van der Waals surface area contributed by atoms with E-state index < -0.39 is 30.4 Å². The van der Waals surface area contributed by atoms with Crippen molar-refractivity contribution < 1.29 is 29.3 Å². The van der Waals surface area contributed by atoms with E-state index in [1.54, 1.807) is 45.0 Å². The molecule has 0 bridgehead atoms. The van der Waals surface area contributed by atoms with Gasteiger partial charge in [0.05, 0.1) is 24.8 Å². The number of benzene rings is 2. The molecule has 3 aromatic rings. The van der Waals surface area contributed by atoms with Crippen LogP contribution in [-0.4, -0.2) is 51.6 Å². The second-order valence-corrected chi connectivity index (χ2v) is 8.56. The summed E-state index contributed by atoms with van der Waals surface area (Å²) in [5.41, 5.74) is 1.64. The van der Waals surface area contributed by atoms with Crippen LogP contribution in [0.2, 0.25) is 0 Å². The lowest BCUT2D eigenvalue weighted by Crippen LogP contribution is -2.27. The average Bonchev–Trinajstić information content (AvgIpc) is 2.79. The SMILES string of the molecule is COC(=O)c1cc(C(O)CO)cc2c(NCc3cccc(NC(=O)OC(C)(C)C)c3)ncnc12. The van der Waals surface area contributed by atoms with E-state index in [0.29, 0.717) is 34.5 Å². The van der Waals surface area contributed by atoms with Gasteiger partial charge in [-0.25, -0.2) is 19.6 Å². The maximum absolute atomic E-state index is 12.3. The Labute approximate surface area is 196 Å². The molecule has 1 atom stereocenters. The van der Waals surface area contributed by atoms with Gasteiger partial charge in [0, 0.05) is 17.6 Å². The van der Waals surface area contributed by atoms with Crippen LogP contribution in [0.4, 0.5) is 16.3 Å². The number of carbonyl (C=O) groups is 2. The Morgan fingerprint density at radius 2 is 1.91 bits per heavy atom. The molecule has 1 aromatic heterocycles. The predicted molar refractivity (Wildman–Crippen MR) is 127 cm³/mol. The van der Waals surface area contributed by atoms with Gasteiger partial charge in [-0.1, -0.05) is 12.1 Å². The lowest BCUT2D eigenvalue weighted by Gasteiger charge is -2.19. The summed E-state index contributed by atoms with van der Waals surface area (Å²) in [4.78, 5) is 32.8. The first-order valence-corrected chi connectivity index (χ1v) is 10.6. The monoisotopic (exact) mass is 468 g/mol. The number of nitrogens with zero attached hydrogens (tertiary/aromatic N) is 2. The standard InChI is InChI=1S/C24H28N4O6/c1-24(2,3)34-23(32)28-16-7-5-6-14(8-16)11-25-21-17-9-15(19(30)12-29)10-18(22(31)33-4)20(17)26-13-27-21/h5-10,13,19,29-30H,11-12H2,1-4H3,(H,28,32)(H,25,26,27). The topological polar surface area (TPSA) is 143 Å². The number of anilines is 2. The van der Waals surface area contributed by atoms with Crippen molar-refractivity contribution in [2.45, 2.75) is 39.0 Å². The molecule has 10 nitrogen and oxygen atoms in total. The molecule has 10 heteroatoms. The third-order valence-electron chi connectivity index (χ3n) is 4.76. The molecular formula is C24H28N4O6. The van der Waals surface area contributed by atoms with Crippen molar-refractivity contribution in [1.29, 1.82) is 0 Å². The highest BCUT2D eigenvalue weighted by atomic mass is 16.6. The minimum atomic E-state index is -1.18. The number of carbonyl (C=O) groups excluding carboxylic acids is 2. The molecule has 1 amide bonds. The molecular weight excluding hydrogens is 440 g/mol. The molecule has 0 aliphatic carbocycles. The number of hydrogen-bond acceptors (Lipinski definition) is 9. The van der Waals surface area contributed by atoms with E-state index >= 15 is 0 Å². The van der Waals surface area contributed by atoms with Crippen LogP contribution in [-0.2, 0) is 16.0 Å². The Kier molecular flexibility index (Phi) is 7.64. The summed E-state index contributed by atoms with van der Waals surface area (Å²) in [6.45, 7) is 5.19. The van der Waals surface area contributed by atoms with Crippen molar-refractivity contribution in [3.63, 3.8) is 0 Å². The smallest absolute Gasteiger partial charge is 0.412 e. The summed E-state index contributed by atoms with van der Waals surface area (Å²) in [6, 6.07) is 10.3. The Morgan fingerprint density at radius 1 is 1.15 bits per heavy atom. The van der Waals surface area contributed by atoms with E-state index in [9.17, 15) is 19.8 Å². The summed E-state index contributed by atoms with van der Waals surface area (Å²) in [5.74, 6) is -0.199. The highest BCUT2D eigenvalue weighted by Crippen LogP contribution is 2.28. The summed E-state index contributed by atoms with van der Waals surface area (Å²) in [6.07, 6.45) is -0.416. The fraction of sp³-hybridized carbons (Fsp3) is 0.333. The van der Waals surface area contributed by atoms with Gasteiger partial charge >= 0.3 is 12.1 Å². The molecule has 0 aliphatic rings. The van der Waals surface area contributed by atoms with E-state index in [1.165, 1.54) is 19.5 Å². The first kappa shape index (κ1) is 24.9. The van der Waals surface area contributed by atoms with Gasteiger partial charge in [-0.15, -0.1) is 0 Å². The molecule has 1 unspecified atom stereocenters. The molecule has 2 aromatic carbocycles. The lowest BCUT2D eigenvalue weighted by atomic mass is 10.0. The molecule has 4 N–H and O–H groups in total. The minimum absolute atomic E-state index is 0.150. The third kappa shape index (κ3) is 6.18.